The molecule has 0 saturated carbocycles. The molecule has 2 N–H and O–H groups in total. The number of amides is 1. The van der Waals surface area contributed by atoms with Crippen LogP contribution in [0.2, 0.25) is 10.0 Å². The quantitative estimate of drug-likeness (QED) is 0.467. The fraction of sp³-hybridized carbons (Fsp3) is 0.211. The third kappa shape index (κ3) is 5.35. The Labute approximate surface area is 188 Å². The van der Waals surface area contributed by atoms with Crippen molar-refractivity contribution < 1.29 is 13.2 Å². The van der Waals surface area contributed by atoms with Gasteiger partial charge >= 0.3 is 0 Å². The van der Waals surface area contributed by atoms with Gasteiger partial charge in [-0.2, -0.15) is 0 Å². The first-order chi connectivity index (χ1) is 14.2. The molecule has 1 aromatic heterocycles. The number of aryl methyl sites for hydroxylation is 1. The van der Waals surface area contributed by atoms with E-state index in [0.717, 1.165) is 22.5 Å². The highest BCUT2D eigenvalue weighted by molar-refractivity contribution is 7.91. The summed E-state index contributed by atoms with van der Waals surface area (Å²) in [7, 11) is -3.92. The van der Waals surface area contributed by atoms with Crippen LogP contribution >= 0.6 is 34.5 Å². The number of carbonyl (C=O) groups is 1. The lowest BCUT2D eigenvalue weighted by Crippen LogP contribution is -2.28. The molecule has 0 fully saturated rings. The smallest absolute Gasteiger partial charge is 0.270 e. The Hall–Kier alpha value is -2.04. The largest absolute Gasteiger partial charge is 0.296 e. The Morgan fingerprint density at radius 1 is 1.13 bits per heavy atom. The van der Waals surface area contributed by atoms with Crippen LogP contribution in [-0.2, 0) is 10.0 Å². The van der Waals surface area contributed by atoms with Crippen molar-refractivity contribution in [2.24, 2.45) is 0 Å². The van der Waals surface area contributed by atoms with E-state index in [2.05, 4.69) is 20.2 Å². The highest BCUT2D eigenvalue weighted by Crippen LogP contribution is 2.26. The maximum Gasteiger partial charge on any atom is 0.270 e. The van der Waals surface area contributed by atoms with Crippen LogP contribution in [0.5, 0.6) is 0 Å². The predicted octanol–water partition coefficient (Wildman–Crippen LogP) is 4.84. The van der Waals surface area contributed by atoms with E-state index in [9.17, 15) is 13.2 Å². The lowest BCUT2D eigenvalue weighted by atomic mass is 10.0. The molecule has 158 valence electrons. The van der Waals surface area contributed by atoms with Crippen LogP contribution in [0, 0.1) is 6.92 Å². The van der Waals surface area contributed by atoms with Crippen molar-refractivity contribution in [3.8, 4) is 0 Å². The molecular weight excluding hydrogens is 467 g/mol. The molecule has 30 heavy (non-hydrogen) atoms. The second kappa shape index (κ2) is 9.40. The van der Waals surface area contributed by atoms with Gasteiger partial charge in [0.05, 0.1) is 10.6 Å². The fourth-order valence-corrected chi connectivity index (χ4v) is 5.34. The maximum atomic E-state index is 12.8. The van der Waals surface area contributed by atoms with Gasteiger partial charge in [0.15, 0.2) is 0 Å². The van der Waals surface area contributed by atoms with Crippen molar-refractivity contribution in [1.82, 2.24) is 14.9 Å². The van der Waals surface area contributed by atoms with Gasteiger partial charge in [-0.1, -0.05) is 71.3 Å². The van der Waals surface area contributed by atoms with Gasteiger partial charge in [-0.15, -0.1) is 10.2 Å². The van der Waals surface area contributed by atoms with Gasteiger partial charge in [0.25, 0.3) is 15.9 Å². The average molecular weight is 485 g/mol. The summed E-state index contributed by atoms with van der Waals surface area (Å²) < 4.78 is 27.9. The summed E-state index contributed by atoms with van der Waals surface area (Å²) >= 11 is 12.6. The van der Waals surface area contributed by atoms with E-state index < -0.39 is 22.0 Å². The van der Waals surface area contributed by atoms with Crippen LogP contribution in [0.25, 0.3) is 0 Å². The summed E-state index contributed by atoms with van der Waals surface area (Å²) in [4.78, 5) is 12.4. The molecule has 0 unspecified atom stereocenters. The molecular formula is C19H18Cl2N4O3S2. The number of halogens is 2. The molecule has 3 aromatic rings. The lowest BCUT2D eigenvalue weighted by molar-refractivity contribution is 0.102. The van der Waals surface area contributed by atoms with E-state index in [0.29, 0.717) is 11.4 Å². The van der Waals surface area contributed by atoms with Crippen molar-refractivity contribution in [3.63, 3.8) is 0 Å². The van der Waals surface area contributed by atoms with E-state index in [1.165, 1.54) is 18.2 Å². The molecule has 7 nitrogen and oxygen atoms in total. The Bertz CT molecular complexity index is 1160. The van der Waals surface area contributed by atoms with Crippen LogP contribution in [0.1, 0.15) is 40.9 Å². The summed E-state index contributed by atoms with van der Waals surface area (Å²) in [6.45, 7) is 3.85. The zero-order valence-electron chi connectivity index (χ0n) is 16.0. The normalized spacial score (nSPS) is 12.5. The van der Waals surface area contributed by atoms with Gasteiger partial charge in [0, 0.05) is 11.1 Å². The van der Waals surface area contributed by atoms with Gasteiger partial charge in [0.1, 0.15) is 0 Å². The number of aromatic nitrogens is 2. The summed E-state index contributed by atoms with van der Waals surface area (Å²) in [5, 5.41) is 10.6. The summed E-state index contributed by atoms with van der Waals surface area (Å²) in [6.07, 6.45) is 0.555. The first kappa shape index (κ1) is 22.6. The first-order valence-corrected chi connectivity index (χ1v) is 11.9. The number of benzene rings is 2. The monoisotopic (exact) mass is 484 g/mol. The predicted molar refractivity (Wildman–Crippen MR) is 119 cm³/mol. The second-order valence-corrected chi connectivity index (χ2v) is 10.2. The summed E-state index contributed by atoms with van der Waals surface area (Å²) in [6, 6.07) is 11.6. The molecule has 11 heteroatoms. The minimum atomic E-state index is -3.92. The number of nitrogens with zero attached hydrogens (tertiary/aromatic N) is 2. The minimum Gasteiger partial charge on any atom is -0.296 e. The van der Waals surface area contributed by atoms with Crippen molar-refractivity contribution in [1.29, 1.82) is 0 Å². The van der Waals surface area contributed by atoms with E-state index in [-0.39, 0.29) is 20.1 Å². The van der Waals surface area contributed by atoms with Crippen LogP contribution < -0.4 is 10.0 Å². The molecule has 0 aliphatic carbocycles. The van der Waals surface area contributed by atoms with Crippen molar-refractivity contribution in [2.75, 3.05) is 5.32 Å². The summed E-state index contributed by atoms with van der Waals surface area (Å²) in [5.41, 5.74) is 2.12. The minimum absolute atomic E-state index is 0.0368. The standard InChI is InChI=1S/C19H18Cl2N4O3S2/c1-3-16(12-6-4-11(2)5-7-12)25-30(27,28)19-24-23-18(29-19)22-17(26)14-9-8-13(20)10-15(14)21/h4-10,16,25H,3H2,1-2H3,(H,22,23,26)/t16-/m0/s1. The molecule has 3 rings (SSSR count). The first-order valence-electron chi connectivity index (χ1n) is 8.88. The number of anilines is 1. The fourth-order valence-electron chi connectivity index (χ4n) is 2.63. The molecule has 0 bridgehead atoms. The van der Waals surface area contributed by atoms with Crippen LogP contribution in [0.3, 0.4) is 0 Å². The van der Waals surface area contributed by atoms with Crippen LogP contribution in [0.4, 0.5) is 5.13 Å². The molecule has 0 spiro atoms. The third-order valence-electron chi connectivity index (χ3n) is 4.22. The highest BCUT2D eigenvalue weighted by atomic mass is 35.5. The van der Waals surface area contributed by atoms with E-state index in [1.807, 2.05) is 38.1 Å². The van der Waals surface area contributed by atoms with Crippen LogP contribution in [-0.4, -0.2) is 24.5 Å². The van der Waals surface area contributed by atoms with Gasteiger partial charge < -0.3 is 0 Å². The Morgan fingerprint density at radius 2 is 1.83 bits per heavy atom. The van der Waals surface area contributed by atoms with Crippen molar-refractivity contribution >= 4 is 55.6 Å². The zero-order valence-corrected chi connectivity index (χ0v) is 19.2. The van der Waals surface area contributed by atoms with Gasteiger partial charge in [-0.3, -0.25) is 10.1 Å². The average Bonchev–Trinajstić information content (AvgIpc) is 3.16. The Kier molecular flexibility index (Phi) is 7.10. The lowest BCUT2D eigenvalue weighted by Gasteiger charge is -2.16. The molecule has 2 aromatic carbocycles. The Morgan fingerprint density at radius 3 is 2.47 bits per heavy atom. The van der Waals surface area contributed by atoms with Crippen molar-refractivity contribution in [3.05, 3.63) is 69.2 Å². The number of carbonyl (C=O) groups excluding carboxylic acids is 1. The van der Waals surface area contributed by atoms with Gasteiger partial charge in [-0.05, 0) is 37.1 Å². The Balaban J connectivity index is 1.75. The zero-order chi connectivity index (χ0) is 21.9. The number of nitrogens with one attached hydrogen (secondary N) is 2. The molecule has 1 atom stereocenters. The molecule has 0 saturated heterocycles. The van der Waals surface area contributed by atoms with E-state index in [4.69, 9.17) is 23.2 Å². The SMILES string of the molecule is CC[C@H](NS(=O)(=O)c1nnc(NC(=O)c2ccc(Cl)cc2Cl)s1)c1ccc(C)cc1. The molecule has 1 heterocycles. The van der Waals surface area contributed by atoms with Crippen molar-refractivity contribution in [2.45, 2.75) is 30.6 Å². The molecule has 0 radical (unpaired) electrons. The number of rotatable bonds is 7. The molecule has 0 aliphatic rings. The number of hydrogen-bond acceptors (Lipinski definition) is 6. The topological polar surface area (TPSA) is 101 Å². The number of hydrogen-bond donors (Lipinski definition) is 2. The maximum absolute atomic E-state index is 12.8. The molecule has 1 amide bonds. The van der Waals surface area contributed by atoms with E-state index >= 15 is 0 Å². The van der Waals surface area contributed by atoms with Gasteiger partial charge in [0.2, 0.25) is 9.47 Å². The number of sulfonamides is 1. The third-order valence-corrected chi connectivity index (χ3v) is 7.44. The highest BCUT2D eigenvalue weighted by Gasteiger charge is 2.25. The van der Waals surface area contributed by atoms with Crippen LogP contribution in [0.15, 0.2) is 46.8 Å². The second-order valence-electron chi connectivity index (χ2n) is 6.44. The van der Waals surface area contributed by atoms with E-state index in [1.54, 1.807) is 0 Å². The molecule has 0 aliphatic heterocycles. The summed E-state index contributed by atoms with van der Waals surface area (Å²) in [5.74, 6) is -0.546. The van der Waals surface area contributed by atoms with Gasteiger partial charge in [-0.25, -0.2) is 13.1 Å².